The van der Waals surface area contributed by atoms with Gasteiger partial charge >= 0.3 is 30.0 Å². The Bertz CT molecular complexity index is 3970. The maximum atomic E-state index is 14.6. The monoisotopic (exact) mass is 1770 g/mol. The summed E-state index contributed by atoms with van der Waals surface area (Å²) in [7, 11) is 5.89. The number of amides is 9. The Hall–Kier alpha value is -9.54. The molecule has 4 saturated heterocycles. The smallest absolute Gasteiger partial charge is 0.408 e. The molecular weight excluding hydrogens is 1630 g/mol. The largest absolute Gasteiger partial charge is 0.497 e. The van der Waals surface area contributed by atoms with Gasteiger partial charge in [-0.3, -0.25) is 57.5 Å². The number of cyclic esters (lactones) is 4. The highest BCUT2D eigenvalue weighted by atomic mass is 35.5. The zero-order chi connectivity index (χ0) is 92.7. The number of halogens is 1. The maximum absolute atomic E-state index is 14.6. The molecular formula is C89H139ClN10O24. The van der Waals surface area contributed by atoms with Crippen molar-refractivity contribution >= 4 is 101 Å². The number of nitrogens with zero attached hydrogens (tertiary/aromatic N) is 4. The van der Waals surface area contributed by atoms with Crippen molar-refractivity contribution in [3.05, 3.63) is 59.7 Å². The van der Waals surface area contributed by atoms with Crippen LogP contribution >= 0.6 is 12.4 Å². The molecule has 20 atom stereocenters. The number of nitrogens with one attached hydrogen (secondary N) is 5. The SMILES string of the molecule is CC[C@H](C)[C@H]1NC(=O)[C@@H](N)[C@@H](C)OC(=O)[C@H](Cc2ccc(OC)cc2)N(C)C(=O)[C@@H]2CCCN2C(=O)[C@H](CC(C)C)NC(=O)[C@@H](C)C(=O)[C@H](C(C)C)OC(=O)C[C@@H]1O.CC[C@H](C)[C@H]1NC(=O)[C@@H](NC(=O)OC(C)(C)C)[C@@H](C)OC(=O)[C@H](Cc2ccc(OC)cc2)N(C)C(=O)[C@@H]2CCCN2C(=O)[C@H](CC(C)C)NC(=O)[C@@H](C)C(=O)[C@H](C(C)C)OC(=O)C[C@@H]1O.Cl. The fraction of sp³-hybridized carbons (Fsp3) is 0.697. The minimum absolute atomic E-state index is 0. The molecule has 34 nitrogen and oxygen atoms in total. The van der Waals surface area contributed by atoms with Gasteiger partial charge in [0, 0.05) is 40.0 Å². The van der Waals surface area contributed by atoms with Crippen molar-refractivity contribution in [2.45, 2.75) is 311 Å². The average molecular weight is 1770 g/mol. The summed E-state index contributed by atoms with van der Waals surface area (Å²) >= 11 is 0. The van der Waals surface area contributed by atoms with E-state index in [1.165, 1.54) is 75.6 Å². The summed E-state index contributed by atoms with van der Waals surface area (Å²) in [5.74, 6) is -14.2. The highest BCUT2D eigenvalue weighted by Gasteiger charge is 2.48. The first-order valence-corrected chi connectivity index (χ1v) is 43.1. The van der Waals surface area contributed by atoms with Gasteiger partial charge in [-0.05, 0) is 158 Å². The van der Waals surface area contributed by atoms with E-state index in [9.17, 15) is 82.1 Å². The lowest BCUT2D eigenvalue weighted by atomic mass is 9.91. The summed E-state index contributed by atoms with van der Waals surface area (Å²) < 4.78 is 39.0. The molecule has 4 heterocycles. The van der Waals surface area contributed by atoms with Gasteiger partial charge in [0.1, 0.15) is 77.6 Å². The molecule has 696 valence electrons. The number of esters is 4. The van der Waals surface area contributed by atoms with E-state index in [0.717, 1.165) is 0 Å². The first-order valence-electron chi connectivity index (χ1n) is 43.1. The van der Waals surface area contributed by atoms with Crippen LogP contribution in [0.1, 0.15) is 207 Å². The first kappa shape index (κ1) is 107. The van der Waals surface area contributed by atoms with E-state index in [-0.39, 0.29) is 75.4 Å². The summed E-state index contributed by atoms with van der Waals surface area (Å²) in [5, 5.41) is 36.2. The number of carbonyl (C=O) groups is 15. The second-order valence-corrected chi connectivity index (χ2v) is 35.7. The van der Waals surface area contributed by atoms with Gasteiger partial charge in [-0.1, -0.05) is 120 Å². The average Bonchev–Trinajstić information content (AvgIpc) is 1.61. The summed E-state index contributed by atoms with van der Waals surface area (Å²) in [6, 6.07) is 1.77. The fourth-order valence-electron chi connectivity index (χ4n) is 15.2. The topological polar surface area (TPSA) is 460 Å². The molecule has 4 aliphatic heterocycles. The number of rotatable bonds is 17. The van der Waals surface area contributed by atoms with Crippen LogP contribution in [0.4, 0.5) is 4.79 Å². The lowest BCUT2D eigenvalue weighted by Crippen LogP contribution is -2.60. The van der Waals surface area contributed by atoms with Crippen molar-refractivity contribution in [3.8, 4) is 11.5 Å². The maximum Gasteiger partial charge on any atom is 0.408 e. The molecule has 6 rings (SSSR count). The van der Waals surface area contributed by atoms with E-state index in [4.69, 9.17) is 38.9 Å². The molecule has 35 heteroatoms. The standard InChI is InChI=1S/C47H73N5O13.C42H65N5O11.ClH/c1-14-27(6)37-35(53)24-36(54)64-40(26(4)5)39(55)28(7)41(56)48-32(22-25(2)3)43(58)52-21-15-16-33(52)44(59)51(12)34(23-30-17-19-31(62-13)20-18-30)45(60)63-29(8)38(42(57)49-37)50-46(61)65-47(9,10)11;1-11-24(6)35-32(48)21-33(49)58-37(23(4)5)36(50)25(7)38(51)44-29(19-22(2)3)40(53)47-18-12-13-30(47)41(54)46(9)31(20-27-14-16-28(56-10)17-15-27)42(55)57-26(8)34(43)39(52)45-35;/h17-20,25-29,32-35,37-38,40,53H,14-16,21-24H2,1-13H3,(H,48,56)(H,49,57)(H,50,61);14-17,22-26,29-32,34-35,37,48H,11-13,18-21,43H2,1-10H3,(H,44,51)(H,45,52);1H/t27-,28-,29+,32-,33-,34-,35-,37+,38-,40-;24-,25-,26+,29-,30-,31-,32-,34-,35+,37-;/m00./s1. The Morgan fingerprint density at radius 2 is 0.879 bits per heavy atom. The van der Waals surface area contributed by atoms with E-state index in [1.54, 1.807) is 118 Å². The van der Waals surface area contributed by atoms with Crippen LogP contribution in [0.5, 0.6) is 11.5 Å². The number of ether oxygens (including phenoxy) is 7. The molecule has 0 unspecified atom stereocenters. The van der Waals surface area contributed by atoms with Gasteiger partial charge in [-0.25, -0.2) is 14.4 Å². The van der Waals surface area contributed by atoms with Crippen LogP contribution in [0.2, 0.25) is 0 Å². The number of carbonyl (C=O) groups excluding carboxylic acids is 15. The van der Waals surface area contributed by atoms with Gasteiger partial charge in [0.25, 0.3) is 0 Å². The first-order chi connectivity index (χ1) is 57.5. The van der Waals surface area contributed by atoms with Gasteiger partial charge < -0.3 is 95.3 Å². The van der Waals surface area contributed by atoms with Crippen LogP contribution < -0.4 is 41.8 Å². The number of hydrogen-bond acceptors (Lipinski definition) is 25. The minimum atomic E-state index is -1.63. The zero-order valence-corrected chi connectivity index (χ0v) is 77.3. The predicted octanol–water partition coefficient (Wildman–Crippen LogP) is 5.82. The van der Waals surface area contributed by atoms with Gasteiger partial charge in [0.2, 0.25) is 47.3 Å². The van der Waals surface area contributed by atoms with Crippen LogP contribution in [0.25, 0.3) is 0 Å². The Kier molecular flexibility index (Phi) is 42.0. The van der Waals surface area contributed by atoms with Crippen molar-refractivity contribution in [1.29, 1.82) is 0 Å². The van der Waals surface area contributed by atoms with Crippen LogP contribution in [-0.2, 0) is 104 Å². The van der Waals surface area contributed by atoms with Gasteiger partial charge in [-0.2, -0.15) is 0 Å². The van der Waals surface area contributed by atoms with Crippen LogP contribution in [0, 0.1) is 47.3 Å². The van der Waals surface area contributed by atoms with Crippen LogP contribution in [-0.4, -0.2) is 263 Å². The molecule has 0 aromatic heterocycles. The molecule has 0 radical (unpaired) electrons. The van der Waals surface area contributed by atoms with Crippen molar-refractivity contribution in [2.24, 2.45) is 53.1 Å². The molecule has 9 amide bonds. The van der Waals surface area contributed by atoms with Crippen molar-refractivity contribution in [1.82, 2.24) is 46.2 Å². The third-order valence-electron chi connectivity index (χ3n) is 23.1. The molecule has 2 aromatic carbocycles. The summed E-state index contributed by atoms with van der Waals surface area (Å²) in [6.45, 7) is 31.9. The van der Waals surface area contributed by atoms with Crippen LogP contribution in [0.15, 0.2) is 48.5 Å². The number of aliphatic hydroxyl groups excluding tert-OH is 2. The molecule has 0 bridgehead atoms. The Morgan fingerprint density at radius 1 is 0.524 bits per heavy atom. The van der Waals surface area contributed by atoms with E-state index >= 15 is 0 Å². The Balaban J connectivity index is 0.000000519. The predicted molar refractivity (Wildman–Crippen MR) is 460 cm³/mol. The second kappa shape index (κ2) is 48.8. The summed E-state index contributed by atoms with van der Waals surface area (Å²) in [6.07, 6.45) is -8.02. The number of benzene rings is 2. The number of fused-ring (bicyclic) bond motifs is 2. The lowest BCUT2D eigenvalue weighted by Gasteiger charge is -2.35. The van der Waals surface area contributed by atoms with Gasteiger partial charge in [0.15, 0.2) is 23.8 Å². The van der Waals surface area contributed by atoms with Crippen molar-refractivity contribution in [3.63, 3.8) is 0 Å². The molecule has 9 N–H and O–H groups in total. The highest BCUT2D eigenvalue weighted by Crippen LogP contribution is 2.30. The summed E-state index contributed by atoms with van der Waals surface area (Å²) in [4.78, 5) is 215. The summed E-state index contributed by atoms with van der Waals surface area (Å²) in [5.41, 5.74) is 6.63. The highest BCUT2D eigenvalue weighted by molar-refractivity contribution is 6.06. The van der Waals surface area contributed by atoms with Crippen molar-refractivity contribution < 1.29 is 115 Å². The Morgan fingerprint density at radius 3 is 1.21 bits per heavy atom. The molecule has 4 aliphatic rings. The zero-order valence-electron chi connectivity index (χ0n) is 76.5. The molecule has 4 fully saturated rings. The third kappa shape index (κ3) is 30.1. The number of alkyl carbamates (subject to hydrolysis) is 1. The number of ketones is 2. The molecule has 0 aliphatic carbocycles. The van der Waals surface area contributed by atoms with E-state index in [1.807, 2.05) is 34.6 Å². The van der Waals surface area contributed by atoms with E-state index < -0.39 is 234 Å². The van der Waals surface area contributed by atoms with E-state index in [0.29, 0.717) is 54.7 Å². The van der Waals surface area contributed by atoms with Gasteiger partial charge in [0.05, 0.1) is 63.2 Å². The van der Waals surface area contributed by atoms with Crippen molar-refractivity contribution in [2.75, 3.05) is 41.4 Å². The number of likely N-dealkylation sites (N-methyl/N-ethyl adjacent to an activating group) is 2. The lowest BCUT2D eigenvalue weighted by molar-refractivity contribution is -0.162. The molecule has 0 saturated carbocycles. The number of nitrogens with two attached hydrogens (primary N) is 1. The number of aliphatic hydroxyl groups is 2. The quantitative estimate of drug-likeness (QED) is 0.0525. The normalized spacial score (nSPS) is 28.6. The fourth-order valence-corrected chi connectivity index (χ4v) is 15.2. The number of hydrogen-bond donors (Lipinski definition) is 8. The number of methoxy groups -OCH3 is 2. The molecule has 0 spiro atoms. The minimum Gasteiger partial charge on any atom is -0.497 e. The molecule has 2 aromatic rings. The third-order valence-corrected chi connectivity index (χ3v) is 23.1. The van der Waals surface area contributed by atoms with Crippen LogP contribution in [0.3, 0.4) is 0 Å². The number of Topliss-reactive ketones (excluding diaryl/α,β-unsaturated/α-hetero) is 2. The second-order valence-electron chi connectivity index (χ2n) is 35.7. The Labute approximate surface area is 736 Å². The molecule has 124 heavy (non-hydrogen) atoms. The van der Waals surface area contributed by atoms with E-state index in [2.05, 4.69) is 26.6 Å². The van der Waals surface area contributed by atoms with Gasteiger partial charge in [-0.15, -0.1) is 12.4 Å².